The Bertz CT molecular complexity index is 3020. The Morgan fingerprint density at radius 3 is 1.43 bits per heavy atom. The minimum absolute atomic E-state index is 0.0351. The van der Waals surface area contributed by atoms with Gasteiger partial charge in [-0.05, 0) is 125 Å². The predicted molar refractivity (Wildman–Crippen MR) is 280 cm³/mol. The molecule has 3 heterocycles. The van der Waals surface area contributed by atoms with E-state index in [1.807, 2.05) is 0 Å². The van der Waals surface area contributed by atoms with E-state index < -0.39 is 8.07 Å². The van der Waals surface area contributed by atoms with E-state index in [0.29, 0.717) is 0 Å². The highest BCUT2D eigenvalue weighted by atomic mass is 28.3. The van der Waals surface area contributed by atoms with Crippen molar-refractivity contribution in [3.8, 4) is 11.5 Å². The van der Waals surface area contributed by atoms with Crippen LogP contribution in [-0.4, -0.2) is 14.8 Å². The van der Waals surface area contributed by atoms with Crippen molar-refractivity contribution in [2.75, 3.05) is 9.80 Å². The molecule has 0 aliphatic carbocycles. The molecule has 0 saturated heterocycles. The van der Waals surface area contributed by atoms with Crippen LogP contribution >= 0.6 is 0 Å². The fourth-order valence-electron chi connectivity index (χ4n) is 10.9. The molecule has 0 fully saturated rings. The van der Waals surface area contributed by atoms with E-state index in [-0.39, 0.29) is 23.0 Å². The molecule has 0 aromatic heterocycles. The van der Waals surface area contributed by atoms with Gasteiger partial charge in [0.1, 0.15) is 11.5 Å². The van der Waals surface area contributed by atoms with E-state index in [9.17, 15) is 0 Å². The van der Waals surface area contributed by atoms with Crippen molar-refractivity contribution in [3.05, 3.63) is 199 Å². The van der Waals surface area contributed by atoms with Gasteiger partial charge in [0.25, 0.3) is 6.71 Å². The van der Waals surface area contributed by atoms with Crippen LogP contribution in [0.15, 0.2) is 182 Å². The van der Waals surface area contributed by atoms with Crippen molar-refractivity contribution in [2.24, 2.45) is 0 Å². The molecule has 0 bridgehead atoms. The highest BCUT2D eigenvalue weighted by molar-refractivity contribution is 7.27. The summed E-state index contributed by atoms with van der Waals surface area (Å²) in [7, 11) is -3.01. The SMILES string of the molecule is CC(C)(C)c1cc(N2c3cc(N(c4ccccc4)c4ccccc4)cc4c3B3c5c(cc(C(C)(C)C)cc5[Si](c5ccccc5)(c5ccccc5)c5cccc2c53)O4)cc(C(C)(C)C)c1. The maximum Gasteiger partial charge on any atom is 0.256 e. The number of nitrogens with zero attached hydrogens (tertiary/aromatic N) is 2. The highest BCUT2D eigenvalue weighted by Gasteiger charge is 2.56. The number of hydrogen-bond acceptors (Lipinski definition) is 3. The first kappa shape index (κ1) is 41.2. The molecule has 5 heteroatoms. The van der Waals surface area contributed by atoms with Gasteiger partial charge in [-0.3, -0.25) is 0 Å². The van der Waals surface area contributed by atoms with Crippen molar-refractivity contribution < 1.29 is 4.74 Å². The summed E-state index contributed by atoms with van der Waals surface area (Å²) in [4.78, 5) is 4.99. The Kier molecular flexibility index (Phi) is 9.33. The molecule has 0 radical (unpaired) electrons. The predicted octanol–water partition coefficient (Wildman–Crippen LogP) is 11.1. The maximum absolute atomic E-state index is 7.62. The van der Waals surface area contributed by atoms with E-state index in [0.717, 1.165) is 34.2 Å². The summed E-state index contributed by atoms with van der Waals surface area (Å²) in [5, 5.41) is 5.65. The maximum atomic E-state index is 7.62. The zero-order chi connectivity index (χ0) is 45.0. The highest BCUT2D eigenvalue weighted by Crippen LogP contribution is 2.48. The molecular weight excluding hydrogens is 804 g/mol. The molecule has 3 aliphatic rings. The van der Waals surface area contributed by atoms with Crippen LogP contribution < -0.4 is 51.7 Å². The van der Waals surface area contributed by atoms with Gasteiger partial charge in [-0.25, -0.2) is 0 Å². The summed E-state index contributed by atoms with van der Waals surface area (Å²) in [6.07, 6.45) is 0. The van der Waals surface area contributed by atoms with Crippen LogP contribution in [0.5, 0.6) is 11.5 Å². The molecule has 0 unspecified atom stereocenters. The topological polar surface area (TPSA) is 15.7 Å². The quantitative estimate of drug-likeness (QED) is 0.155. The Balaban J connectivity index is 1.31. The molecule has 0 spiro atoms. The average Bonchev–Trinajstić information content (AvgIpc) is 3.29. The molecule has 8 aromatic rings. The number of para-hydroxylation sites is 2. The van der Waals surface area contributed by atoms with Crippen LogP contribution in [0.2, 0.25) is 0 Å². The fraction of sp³-hybridized carbons (Fsp3) is 0.200. The van der Waals surface area contributed by atoms with E-state index in [2.05, 4.69) is 254 Å². The third-order valence-electron chi connectivity index (χ3n) is 14.2. The van der Waals surface area contributed by atoms with E-state index in [1.165, 1.54) is 65.2 Å². The van der Waals surface area contributed by atoms with Gasteiger partial charge in [0.05, 0.1) is 5.69 Å². The van der Waals surface area contributed by atoms with Gasteiger partial charge in [0, 0.05) is 34.5 Å². The Morgan fingerprint density at radius 2 is 0.908 bits per heavy atom. The van der Waals surface area contributed by atoms with Crippen LogP contribution in [0.4, 0.5) is 34.1 Å². The first-order valence-electron chi connectivity index (χ1n) is 23.3. The van der Waals surface area contributed by atoms with Crippen molar-refractivity contribution in [2.45, 2.75) is 78.6 Å². The lowest BCUT2D eigenvalue weighted by Crippen LogP contribution is -2.88. The summed E-state index contributed by atoms with van der Waals surface area (Å²) < 4.78 is 7.62. The minimum atomic E-state index is -3.01. The third kappa shape index (κ3) is 6.45. The van der Waals surface area contributed by atoms with Gasteiger partial charge < -0.3 is 14.5 Å². The van der Waals surface area contributed by atoms with Gasteiger partial charge in [-0.2, -0.15) is 0 Å². The Morgan fingerprint density at radius 1 is 0.415 bits per heavy atom. The van der Waals surface area contributed by atoms with Crippen LogP contribution in [0.3, 0.4) is 0 Å². The lowest BCUT2D eigenvalue weighted by Gasteiger charge is -2.50. The van der Waals surface area contributed by atoms with Crippen molar-refractivity contribution in [1.82, 2.24) is 0 Å². The smallest absolute Gasteiger partial charge is 0.256 e. The van der Waals surface area contributed by atoms with Gasteiger partial charge in [0.15, 0.2) is 8.07 Å². The first-order chi connectivity index (χ1) is 31.1. The summed E-state index contributed by atoms with van der Waals surface area (Å²) in [5.41, 5.74) is 14.4. The molecule has 8 aromatic carbocycles. The van der Waals surface area contributed by atoms with Crippen LogP contribution in [0.1, 0.15) is 79.0 Å². The normalized spacial score (nSPS) is 14.4. The van der Waals surface area contributed by atoms with Crippen molar-refractivity contribution >= 4 is 86.0 Å². The molecule has 0 N–H and O–H groups in total. The van der Waals surface area contributed by atoms with E-state index >= 15 is 0 Å². The monoisotopic (exact) mass is 860 g/mol. The fourth-order valence-corrected chi connectivity index (χ4v) is 16.2. The molecule has 320 valence electrons. The lowest BCUT2D eigenvalue weighted by molar-refractivity contribution is 0.484. The molecule has 3 aliphatic heterocycles. The second-order valence-electron chi connectivity index (χ2n) is 21.4. The second kappa shape index (κ2) is 14.7. The summed E-state index contributed by atoms with van der Waals surface area (Å²) in [6, 6.07) is 68.7. The van der Waals surface area contributed by atoms with Gasteiger partial charge in [-0.15, -0.1) is 0 Å². The molecule has 65 heavy (non-hydrogen) atoms. The minimum Gasteiger partial charge on any atom is -0.458 e. The number of anilines is 6. The van der Waals surface area contributed by atoms with Crippen LogP contribution in [-0.2, 0) is 16.2 Å². The second-order valence-corrected chi connectivity index (χ2v) is 25.2. The zero-order valence-corrected chi connectivity index (χ0v) is 40.2. The van der Waals surface area contributed by atoms with Crippen molar-refractivity contribution in [3.63, 3.8) is 0 Å². The molecule has 3 nitrogen and oxygen atoms in total. The summed E-state index contributed by atoms with van der Waals surface area (Å²) in [5.74, 6) is 1.88. The summed E-state index contributed by atoms with van der Waals surface area (Å²) in [6.45, 7) is 21.0. The molecule has 0 atom stereocenters. The number of hydrogen-bond donors (Lipinski definition) is 0. The van der Waals surface area contributed by atoms with Crippen molar-refractivity contribution in [1.29, 1.82) is 0 Å². The number of ether oxygens (including phenoxy) is 1. The van der Waals surface area contributed by atoms with Crippen LogP contribution in [0, 0.1) is 0 Å². The number of rotatable bonds is 6. The standard InChI is InChI=1S/C60H57BN2OSi/c1-58(2,3)40-33-41(59(4,5)6)35-45(34-40)63-49-31-22-32-53-56(49)61-55-50(63)38-46(62(43-23-14-10-15-24-43)44-25-16-11-17-26-44)39-52(55)64-51-36-42(60(7,8)9)37-54(57(51)61)65(53,47-27-18-12-19-28-47)48-29-20-13-21-30-48/h10-39H,1-9H3. The molecule has 0 saturated carbocycles. The van der Waals surface area contributed by atoms with Gasteiger partial charge in [0.2, 0.25) is 0 Å². The molecular formula is C60H57BN2OSi. The van der Waals surface area contributed by atoms with Gasteiger partial charge >= 0.3 is 0 Å². The lowest BCUT2D eigenvalue weighted by atomic mass is 9.33. The zero-order valence-electron chi connectivity index (χ0n) is 39.2. The third-order valence-corrected chi connectivity index (χ3v) is 19.0. The molecule has 0 amide bonds. The largest absolute Gasteiger partial charge is 0.458 e. The van der Waals surface area contributed by atoms with Gasteiger partial charge in [-0.1, -0.05) is 184 Å². The van der Waals surface area contributed by atoms with E-state index in [1.54, 1.807) is 0 Å². The van der Waals surface area contributed by atoms with E-state index in [4.69, 9.17) is 4.74 Å². The Hall–Kier alpha value is -6.56. The Labute approximate surface area is 387 Å². The average molecular weight is 861 g/mol. The van der Waals surface area contributed by atoms with Crippen LogP contribution in [0.25, 0.3) is 0 Å². The summed E-state index contributed by atoms with van der Waals surface area (Å²) >= 11 is 0. The molecule has 11 rings (SSSR count). The first-order valence-corrected chi connectivity index (χ1v) is 25.3. The number of benzene rings is 8.